The van der Waals surface area contributed by atoms with E-state index in [-0.39, 0.29) is 5.76 Å². The summed E-state index contributed by atoms with van der Waals surface area (Å²) < 4.78 is 22.4. The summed E-state index contributed by atoms with van der Waals surface area (Å²) >= 11 is 0. The second kappa shape index (κ2) is 11.5. The van der Waals surface area contributed by atoms with Crippen molar-refractivity contribution in [2.45, 2.75) is 54.1 Å². The number of carbonyl (C=O) groups is 1. The summed E-state index contributed by atoms with van der Waals surface area (Å²) in [5.41, 5.74) is 4.78. The number of hydrogen-bond acceptors (Lipinski definition) is 6. The fraction of sp³-hybridized carbons (Fsp3) is 0.357. The van der Waals surface area contributed by atoms with Gasteiger partial charge in [-0.1, -0.05) is 32.0 Å². The molecule has 0 saturated carbocycles. The van der Waals surface area contributed by atoms with Gasteiger partial charge in [-0.15, -0.1) is 0 Å². The summed E-state index contributed by atoms with van der Waals surface area (Å²) in [7, 11) is 0. The highest BCUT2D eigenvalue weighted by atomic mass is 16.6. The Morgan fingerprint density at radius 3 is 2.35 bits per heavy atom. The number of hydrogen-bond donors (Lipinski definition) is 0. The van der Waals surface area contributed by atoms with Crippen molar-refractivity contribution in [1.82, 2.24) is 4.98 Å². The molecule has 3 rings (SSSR count). The van der Waals surface area contributed by atoms with Crippen molar-refractivity contribution in [1.29, 1.82) is 0 Å². The van der Waals surface area contributed by atoms with Crippen molar-refractivity contribution in [3.05, 3.63) is 76.4 Å². The van der Waals surface area contributed by atoms with Gasteiger partial charge in [0.2, 0.25) is 11.6 Å². The molecule has 0 N–H and O–H groups in total. The monoisotopic (exact) mass is 463 g/mol. The van der Waals surface area contributed by atoms with Crippen LogP contribution in [0, 0.1) is 13.8 Å². The molecule has 0 saturated heterocycles. The van der Waals surface area contributed by atoms with E-state index in [0.29, 0.717) is 37.4 Å². The Morgan fingerprint density at radius 2 is 1.74 bits per heavy atom. The minimum Gasteiger partial charge on any atom is -0.487 e. The minimum absolute atomic E-state index is 0.188. The topological polar surface area (TPSA) is 70.8 Å². The number of aryl methyl sites for hydroxylation is 2. The lowest BCUT2D eigenvalue weighted by atomic mass is 10.0. The van der Waals surface area contributed by atoms with Crippen LogP contribution in [0.25, 0.3) is 17.5 Å². The summed E-state index contributed by atoms with van der Waals surface area (Å²) in [5.74, 6) is 2.22. The first-order chi connectivity index (χ1) is 16.3. The molecule has 0 aliphatic rings. The first kappa shape index (κ1) is 25.1. The van der Waals surface area contributed by atoms with Crippen LogP contribution in [0.1, 0.15) is 61.8 Å². The molecule has 180 valence electrons. The zero-order chi connectivity index (χ0) is 24.7. The highest BCUT2D eigenvalue weighted by Crippen LogP contribution is 2.26. The Bertz CT molecular complexity index is 1140. The summed E-state index contributed by atoms with van der Waals surface area (Å²) in [4.78, 5) is 16.7. The zero-order valence-electron chi connectivity index (χ0n) is 20.8. The van der Waals surface area contributed by atoms with Crippen LogP contribution in [-0.4, -0.2) is 24.2 Å². The molecule has 2 aromatic carbocycles. The Morgan fingerprint density at radius 1 is 1.03 bits per heavy atom. The molecule has 0 unspecified atom stereocenters. The fourth-order valence-electron chi connectivity index (χ4n) is 3.41. The molecule has 1 aromatic heterocycles. The van der Waals surface area contributed by atoms with E-state index in [1.165, 1.54) is 5.56 Å². The first-order valence-electron chi connectivity index (χ1n) is 11.6. The maximum atomic E-state index is 12.1. The molecule has 0 radical (unpaired) electrons. The lowest BCUT2D eigenvalue weighted by Gasteiger charge is -2.10. The van der Waals surface area contributed by atoms with Gasteiger partial charge in [0.15, 0.2) is 0 Å². The molecule has 3 aromatic rings. The van der Waals surface area contributed by atoms with Gasteiger partial charge in [-0.05, 0) is 80.6 Å². The Balaban J connectivity index is 1.71. The highest BCUT2D eigenvalue weighted by Gasteiger charge is 2.14. The normalized spacial score (nSPS) is 11.6. The molecule has 1 heterocycles. The number of esters is 1. The maximum Gasteiger partial charge on any atom is 0.373 e. The van der Waals surface area contributed by atoms with Crippen molar-refractivity contribution < 1.29 is 23.4 Å². The van der Waals surface area contributed by atoms with E-state index in [4.69, 9.17) is 18.6 Å². The third-order valence-electron chi connectivity index (χ3n) is 5.40. The largest absolute Gasteiger partial charge is 0.487 e. The Hall–Kier alpha value is -3.54. The van der Waals surface area contributed by atoms with Gasteiger partial charge in [0.05, 0.1) is 13.2 Å². The van der Waals surface area contributed by atoms with Crippen LogP contribution in [0.15, 0.2) is 52.6 Å². The van der Waals surface area contributed by atoms with Crippen molar-refractivity contribution in [2.24, 2.45) is 0 Å². The Labute approximate surface area is 201 Å². The standard InChI is InChI=1S/C28H33NO5/c1-7-31-26(28(30)32-8-2)16-23-13-14-24(15-19(23)5)33-17-25-20(6)34-27(29-25)22-11-9-21(10-12-22)18(3)4/h9-16,18H,7-8,17H2,1-6H3/b26-16-. The molecule has 0 atom stereocenters. The van der Waals surface area contributed by atoms with Crippen LogP contribution in [0.2, 0.25) is 0 Å². The smallest absolute Gasteiger partial charge is 0.373 e. The molecule has 0 aliphatic carbocycles. The summed E-state index contributed by atoms with van der Waals surface area (Å²) in [6.45, 7) is 12.7. The predicted octanol–water partition coefficient (Wildman–Crippen LogP) is 6.60. The lowest BCUT2D eigenvalue weighted by molar-refractivity contribution is -0.142. The number of carbonyl (C=O) groups excluding carboxylic acids is 1. The molecule has 34 heavy (non-hydrogen) atoms. The molecular weight excluding hydrogens is 430 g/mol. The first-order valence-corrected chi connectivity index (χ1v) is 11.6. The number of benzene rings is 2. The average Bonchev–Trinajstić information content (AvgIpc) is 3.19. The number of ether oxygens (including phenoxy) is 3. The molecule has 0 aliphatic heterocycles. The van der Waals surface area contributed by atoms with Gasteiger partial charge in [-0.2, -0.15) is 0 Å². The van der Waals surface area contributed by atoms with Crippen molar-refractivity contribution in [3.63, 3.8) is 0 Å². The van der Waals surface area contributed by atoms with Crippen LogP contribution in [0.5, 0.6) is 5.75 Å². The second-order valence-electron chi connectivity index (χ2n) is 8.27. The minimum atomic E-state index is -0.472. The number of oxazole rings is 1. The summed E-state index contributed by atoms with van der Waals surface area (Å²) in [5, 5.41) is 0. The zero-order valence-corrected chi connectivity index (χ0v) is 20.8. The molecular formula is C28H33NO5. The van der Waals surface area contributed by atoms with E-state index in [0.717, 1.165) is 28.1 Å². The molecule has 6 nitrogen and oxygen atoms in total. The van der Waals surface area contributed by atoms with Gasteiger partial charge in [0, 0.05) is 5.56 Å². The fourth-order valence-corrected chi connectivity index (χ4v) is 3.41. The van der Waals surface area contributed by atoms with Crippen LogP contribution >= 0.6 is 0 Å². The van der Waals surface area contributed by atoms with Gasteiger partial charge in [0.25, 0.3) is 0 Å². The van der Waals surface area contributed by atoms with E-state index in [2.05, 4.69) is 31.0 Å². The average molecular weight is 464 g/mol. The van der Waals surface area contributed by atoms with E-state index < -0.39 is 5.97 Å². The highest BCUT2D eigenvalue weighted by molar-refractivity contribution is 5.91. The van der Waals surface area contributed by atoms with Gasteiger partial charge in [-0.3, -0.25) is 0 Å². The Kier molecular flexibility index (Phi) is 8.52. The third-order valence-corrected chi connectivity index (χ3v) is 5.40. The maximum absolute atomic E-state index is 12.1. The predicted molar refractivity (Wildman–Crippen MR) is 133 cm³/mol. The number of aromatic nitrogens is 1. The second-order valence-corrected chi connectivity index (χ2v) is 8.27. The van der Waals surface area contributed by atoms with Crippen LogP contribution in [0.3, 0.4) is 0 Å². The number of nitrogens with zero attached hydrogens (tertiary/aromatic N) is 1. The molecule has 0 bridgehead atoms. The van der Waals surface area contributed by atoms with Crippen LogP contribution in [0.4, 0.5) is 0 Å². The van der Waals surface area contributed by atoms with E-state index in [1.54, 1.807) is 13.0 Å². The van der Waals surface area contributed by atoms with Gasteiger partial charge >= 0.3 is 5.97 Å². The van der Waals surface area contributed by atoms with Crippen LogP contribution < -0.4 is 4.74 Å². The quantitative estimate of drug-likeness (QED) is 0.192. The summed E-state index contributed by atoms with van der Waals surface area (Å²) in [6, 6.07) is 13.9. The molecule has 0 fully saturated rings. The molecule has 0 spiro atoms. The van der Waals surface area contributed by atoms with E-state index in [9.17, 15) is 4.79 Å². The SMILES string of the molecule is CCOC(=O)/C(=C/c1ccc(OCc2nc(-c3ccc(C(C)C)cc3)oc2C)cc1C)OCC. The van der Waals surface area contributed by atoms with Gasteiger partial charge in [-0.25, -0.2) is 9.78 Å². The van der Waals surface area contributed by atoms with Crippen molar-refractivity contribution in [3.8, 4) is 17.2 Å². The van der Waals surface area contributed by atoms with E-state index in [1.807, 2.05) is 51.1 Å². The molecule has 6 heteroatoms. The van der Waals surface area contributed by atoms with E-state index >= 15 is 0 Å². The van der Waals surface area contributed by atoms with Gasteiger partial charge in [0.1, 0.15) is 23.8 Å². The van der Waals surface area contributed by atoms with Crippen molar-refractivity contribution >= 4 is 12.0 Å². The lowest BCUT2D eigenvalue weighted by Crippen LogP contribution is -2.10. The van der Waals surface area contributed by atoms with Crippen molar-refractivity contribution in [2.75, 3.05) is 13.2 Å². The van der Waals surface area contributed by atoms with Crippen LogP contribution in [-0.2, 0) is 20.9 Å². The summed E-state index contributed by atoms with van der Waals surface area (Å²) in [6.07, 6.45) is 1.69. The van der Waals surface area contributed by atoms with Gasteiger partial charge < -0.3 is 18.6 Å². The molecule has 0 amide bonds. The third kappa shape index (κ3) is 6.28. The number of rotatable bonds is 10.